The summed E-state index contributed by atoms with van der Waals surface area (Å²) < 4.78 is 31.8. The SMILES string of the molecule is [2H]C([2H])([2H])C(O)(C#Cc1cccc(COc2cc(-c3cnn(C4CCN(C)CC4)c3)cnc2N)c1)C1CCCC1. The molecular formula is C30H37N5O2. The Morgan fingerprint density at radius 3 is 2.76 bits per heavy atom. The minimum atomic E-state index is -2.57. The van der Waals surface area contributed by atoms with Gasteiger partial charge in [0.1, 0.15) is 12.2 Å². The van der Waals surface area contributed by atoms with E-state index >= 15 is 0 Å². The summed E-state index contributed by atoms with van der Waals surface area (Å²) in [4.78, 5) is 6.68. The Morgan fingerprint density at radius 1 is 1.16 bits per heavy atom. The van der Waals surface area contributed by atoms with Gasteiger partial charge in [0.25, 0.3) is 0 Å². The maximum atomic E-state index is 11.1. The summed E-state index contributed by atoms with van der Waals surface area (Å²) in [6, 6.07) is 9.63. The standard InChI is InChI=1S/C30H37N5O2/c1-30(36,26-8-3-4-9-26)13-10-22-6-5-7-23(16-22)21-37-28-17-24(18-32-29(28)31)25-19-33-35(20-25)27-11-14-34(2)15-12-27/h5-7,16-20,26-27,36H,3-4,8-9,11-12,14-15,21H2,1-2H3,(H2,31,32)/i1D3. The monoisotopic (exact) mass is 502 g/mol. The van der Waals surface area contributed by atoms with Gasteiger partial charge >= 0.3 is 0 Å². The van der Waals surface area contributed by atoms with Gasteiger partial charge in [-0.05, 0) is 82.4 Å². The lowest BCUT2D eigenvalue weighted by Gasteiger charge is -2.28. The van der Waals surface area contributed by atoms with Crippen LogP contribution in [0.1, 0.15) is 66.7 Å². The molecule has 1 unspecified atom stereocenters. The van der Waals surface area contributed by atoms with Crippen molar-refractivity contribution in [2.75, 3.05) is 25.9 Å². The van der Waals surface area contributed by atoms with Crippen molar-refractivity contribution in [2.45, 2.75) is 63.6 Å². The van der Waals surface area contributed by atoms with Gasteiger partial charge < -0.3 is 20.5 Å². The number of nitrogen functional groups attached to an aromatic ring is 1. The summed E-state index contributed by atoms with van der Waals surface area (Å²) in [5.41, 5.74) is 7.39. The summed E-state index contributed by atoms with van der Waals surface area (Å²) >= 11 is 0. The molecule has 3 heterocycles. The molecule has 0 spiro atoms. The third kappa shape index (κ3) is 6.15. The number of nitrogens with zero attached hydrogens (tertiary/aromatic N) is 4. The third-order valence-corrected chi connectivity index (χ3v) is 7.54. The summed E-state index contributed by atoms with van der Waals surface area (Å²) in [7, 11) is 2.15. The van der Waals surface area contributed by atoms with E-state index in [1.807, 2.05) is 35.1 Å². The fourth-order valence-corrected chi connectivity index (χ4v) is 5.19. The van der Waals surface area contributed by atoms with Crippen LogP contribution in [0.2, 0.25) is 0 Å². The number of piperidine rings is 1. The zero-order valence-electron chi connectivity index (χ0n) is 24.4. The minimum Gasteiger partial charge on any atom is -0.485 e. The number of aliphatic hydroxyl groups is 1. The third-order valence-electron chi connectivity index (χ3n) is 7.54. The molecule has 1 saturated heterocycles. The average molecular weight is 503 g/mol. The van der Waals surface area contributed by atoms with E-state index in [9.17, 15) is 5.11 Å². The van der Waals surface area contributed by atoms with Gasteiger partial charge in [-0.15, -0.1) is 0 Å². The van der Waals surface area contributed by atoms with Crippen LogP contribution in [0, 0.1) is 17.8 Å². The normalized spacial score (nSPS) is 20.3. The topological polar surface area (TPSA) is 89.4 Å². The number of hydrogen-bond donors (Lipinski definition) is 2. The Kier molecular flexibility index (Phi) is 6.43. The molecule has 1 aromatic carbocycles. The largest absolute Gasteiger partial charge is 0.485 e. The molecule has 1 atom stereocenters. The lowest BCUT2D eigenvalue weighted by atomic mass is 9.88. The molecule has 0 radical (unpaired) electrons. The average Bonchev–Trinajstić information content (AvgIpc) is 3.65. The number of hydrogen-bond acceptors (Lipinski definition) is 6. The number of benzene rings is 1. The van der Waals surface area contributed by atoms with Crippen molar-refractivity contribution < 1.29 is 14.0 Å². The van der Waals surface area contributed by atoms with Crippen molar-refractivity contribution in [1.82, 2.24) is 19.7 Å². The molecule has 194 valence electrons. The Hall–Kier alpha value is -3.34. The highest BCUT2D eigenvalue weighted by molar-refractivity contribution is 5.65. The van der Waals surface area contributed by atoms with Crippen LogP contribution in [0.4, 0.5) is 5.82 Å². The molecule has 1 saturated carbocycles. The van der Waals surface area contributed by atoms with Crippen molar-refractivity contribution in [3.63, 3.8) is 0 Å². The van der Waals surface area contributed by atoms with Crippen LogP contribution >= 0.6 is 0 Å². The molecule has 37 heavy (non-hydrogen) atoms. The molecule has 5 rings (SSSR count). The van der Waals surface area contributed by atoms with Crippen molar-refractivity contribution >= 4 is 5.82 Å². The van der Waals surface area contributed by atoms with Gasteiger partial charge in [0.15, 0.2) is 11.6 Å². The molecule has 1 aliphatic carbocycles. The number of nitrogens with two attached hydrogens (primary N) is 1. The Balaban J connectivity index is 1.28. The smallest absolute Gasteiger partial charge is 0.166 e. The van der Waals surface area contributed by atoms with Crippen molar-refractivity contribution in [2.24, 2.45) is 5.92 Å². The summed E-state index contributed by atoms with van der Waals surface area (Å²) in [5.74, 6) is 6.05. The van der Waals surface area contributed by atoms with Gasteiger partial charge in [0.2, 0.25) is 0 Å². The summed E-state index contributed by atoms with van der Waals surface area (Å²) in [6.45, 7) is -0.218. The first-order valence-electron chi connectivity index (χ1n) is 14.6. The van der Waals surface area contributed by atoms with E-state index in [2.05, 4.69) is 40.1 Å². The number of anilines is 1. The number of pyridine rings is 1. The van der Waals surface area contributed by atoms with E-state index in [0.717, 1.165) is 55.5 Å². The fourth-order valence-electron chi connectivity index (χ4n) is 5.19. The molecule has 7 nitrogen and oxygen atoms in total. The molecule has 2 aromatic heterocycles. The lowest BCUT2D eigenvalue weighted by molar-refractivity contribution is 0.0589. The predicted molar refractivity (Wildman–Crippen MR) is 146 cm³/mol. The Morgan fingerprint density at radius 2 is 1.97 bits per heavy atom. The second-order valence-electron chi connectivity index (χ2n) is 10.3. The van der Waals surface area contributed by atoms with E-state index in [-0.39, 0.29) is 12.5 Å². The first-order valence-corrected chi connectivity index (χ1v) is 13.1. The number of rotatable bonds is 6. The molecule has 2 aliphatic rings. The Bertz CT molecular complexity index is 1380. The minimum absolute atomic E-state index is 0.228. The first-order chi connectivity index (χ1) is 19.1. The quantitative estimate of drug-likeness (QED) is 0.477. The Labute approximate surface area is 223 Å². The highest BCUT2D eigenvalue weighted by Gasteiger charge is 2.32. The molecule has 1 aliphatic heterocycles. The fraction of sp³-hybridized carbons (Fsp3) is 0.467. The van der Waals surface area contributed by atoms with Crippen LogP contribution in [0.3, 0.4) is 0 Å². The predicted octanol–water partition coefficient (Wildman–Crippen LogP) is 4.67. The lowest BCUT2D eigenvalue weighted by Crippen LogP contribution is -2.31. The zero-order chi connectivity index (χ0) is 28.3. The highest BCUT2D eigenvalue weighted by atomic mass is 16.5. The van der Waals surface area contributed by atoms with Crippen molar-refractivity contribution in [3.05, 3.63) is 60.0 Å². The van der Waals surface area contributed by atoms with Crippen LogP contribution in [0.5, 0.6) is 5.75 Å². The molecule has 3 N–H and O–H groups in total. The van der Waals surface area contributed by atoms with Crippen LogP contribution in [0.25, 0.3) is 11.1 Å². The zero-order valence-corrected chi connectivity index (χ0v) is 21.4. The molecular weight excluding hydrogens is 462 g/mol. The molecule has 0 bridgehead atoms. The van der Waals surface area contributed by atoms with Gasteiger partial charge in [-0.1, -0.05) is 36.8 Å². The van der Waals surface area contributed by atoms with Gasteiger partial charge in [-0.2, -0.15) is 5.10 Å². The molecule has 7 heteroatoms. The van der Waals surface area contributed by atoms with E-state index in [1.165, 1.54) is 0 Å². The van der Waals surface area contributed by atoms with Crippen molar-refractivity contribution in [1.29, 1.82) is 0 Å². The van der Waals surface area contributed by atoms with Gasteiger partial charge in [0, 0.05) is 33.2 Å². The summed E-state index contributed by atoms with van der Waals surface area (Å²) in [6.07, 6.45) is 11.0. The van der Waals surface area contributed by atoms with Gasteiger partial charge in [-0.3, -0.25) is 4.68 Å². The maximum Gasteiger partial charge on any atom is 0.166 e. The van der Waals surface area contributed by atoms with Crippen LogP contribution < -0.4 is 10.5 Å². The van der Waals surface area contributed by atoms with E-state index in [4.69, 9.17) is 14.6 Å². The second kappa shape index (κ2) is 11.0. The van der Waals surface area contributed by atoms with E-state index in [0.29, 0.717) is 36.0 Å². The molecule has 0 amide bonds. The second-order valence-corrected chi connectivity index (χ2v) is 10.3. The maximum absolute atomic E-state index is 11.1. The van der Waals surface area contributed by atoms with Crippen molar-refractivity contribution in [3.8, 4) is 28.7 Å². The molecule has 2 fully saturated rings. The van der Waals surface area contributed by atoms with Crippen LogP contribution in [0.15, 0.2) is 48.9 Å². The van der Waals surface area contributed by atoms with Gasteiger partial charge in [-0.25, -0.2) is 4.98 Å². The highest BCUT2D eigenvalue weighted by Crippen LogP contribution is 2.34. The number of ether oxygens (including phenoxy) is 1. The van der Waals surface area contributed by atoms with E-state index < -0.39 is 12.5 Å². The van der Waals surface area contributed by atoms with Gasteiger partial charge in [0.05, 0.1) is 12.2 Å². The molecule has 3 aromatic rings. The first kappa shape index (κ1) is 21.7. The van der Waals surface area contributed by atoms with Crippen LogP contribution in [-0.4, -0.2) is 50.5 Å². The number of likely N-dealkylation sites (tertiary alicyclic amines) is 1. The number of aromatic nitrogens is 3. The van der Waals surface area contributed by atoms with Crippen LogP contribution in [-0.2, 0) is 6.61 Å². The summed E-state index contributed by atoms with van der Waals surface area (Å²) in [5, 5.41) is 15.7. The van der Waals surface area contributed by atoms with E-state index in [1.54, 1.807) is 12.3 Å².